The SMILES string of the molecule is CC(C)[C@@H]1CN(S(=O)(=O)c2cccs2)CCN1c1ccc(C(O)(C(F)(F)F)C(F)(F)F)cc1. The first kappa shape index (κ1) is 25.8. The fourth-order valence-electron chi connectivity index (χ4n) is 3.81. The lowest BCUT2D eigenvalue weighted by Gasteiger charge is -2.44. The van der Waals surface area contributed by atoms with Gasteiger partial charge in [-0.1, -0.05) is 32.0 Å². The molecule has 33 heavy (non-hydrogen) atoms. The molecule has 2 aromatic rings. The van der Waals surface area contributed by atoms with Crippen LogP contribution in [0, 0.1) is 5.92 Å². The second-order valence-electron chi connectivity index (χ2n) is 8.05. The normalized spacial score (nSPS) is 19.3. The lowest BCUT2D eigenvalue weighted by Crippen LogP contribution is -2.56. The highest BCUT2D eigenvalue weighted by atomic mass is 32.2. The van der Waals surface area contributed by atoms with Crippen molar-refractivity contribution in [3.8, 4) is 0 Å². The zero-order chi connectivity index (χ0) is 24.8. The van der Waals surface area contributed by atoms with Crippen molar-refractivity contribution < 1.29 is 39.9 Å². The maximum Gasteiger partial charge on any atom is 0.430 e. The molecule has 3 rings (SSSR count). The molecule has 0 spiro atoms. The lowest BCUT2D eigenvalue weighted by molar-refractivity contribution is -0.376. The van der Waals surface area contributed by atoms with Gasteiger partial charge in [-0.05, 0) is 29.5 Å². The average Bonchev–Trinajstić information content (AvgIpc) is 3.27. The van der Waals surface area contributed by atoms with E-state index in [-0.39, 0.29) is 35.8 Å². The largest absolute Gasteiger partial charge is 0.430 e. The van der Waals surface area contributed by atoms with E-state index in [2.05, 4.69) is 0 Å². The van der Waals surface area contributed by atoms with E-state index in [9.17, 15) is 39.9 Å². The topological polar surface area (TPSA) is 60.9 Å². The molecule has 1 aromatic heterocycles. The summed E-state index contributed by atoms with van der Waals surface area (Å²) in [6, 6.07) is 6.11. The average molecular weight is 517 g/mol. The van der Waals surface area contributed by atoms with E-state index < -0.39 is 33.5 Å². The van der Waals surface area contributed by atoms with Gasteiger partial charge in [0.2, 0.25) is 0 Å². The van der Waals surface area contributed by atoms with Crippen molar-refractivity contribution in [1.82, 2.24) is 4.31 Å². The number of aliphatic hydroxyl groups is 1. The Morgan fingerprint density at radius 1 is 1.00 bits per heavy atom. The quantitative estimate of drug-likeness (QED) is 0.591. The van der Waals surface area contributed by atoms with E-state index in [0.29, 0.717) is 17.8 Å². The highest BCUT2D eigenvalue weighted by Gasteiger charge is 2.71. The highest BCUT2D eigenvalue weighted by Crippen LogP contribution is 2.50. The van der Waals surface area contributed by atoms with E-state index in [1.54, 1.807) is 16.3 Å². The first-order valence-electron chi connectivity index (χ1n) is 9.87. The number of hydrogen-bond donors (Lipinski definition) is 1. The van der Waals surface area contributed by atoms with E-state index in [1.807, 2.05) is 13.8 Å². The number of piperazine rings is 1. The second-order valence-corrected chi connectivity index (χ2v) is 11.2. The molecule has 1 N–H and O–H groups in total. The number of sulfonamides is 1. The zero-order valence-electron chi connectivity index (χ0n) is 17.6. The monoisotopic (exact) mass is 516 g/mol. The van der Waals surface area contributed by atoms with Crippen molar-refractivity contribution >= 4 is 27.0 Å². The van der Waals surface area contributed by atoms with Crippen LogP contribution in [0.1, 0.15) is 19.4 Å². The summed E-state index contributed by atoms with van der Waals surface area (Å²) in [5.74, 6) is -0.0757. The van der Waals surface area contributed by atoms with Crippen LogP contribution in [0.2, 0.25) is 0 Å². The molecule has 0 saturated carbocycles. The Kier molecular flexibility index (Phi) is 6.84. The zero-order valence-corrected chi connectivity index (χ0v) is 19.2. The van der Waals surface area contributed by atoms with Crippen LogP contribution in [-0.4, -0.2) is 55.9 Å². The van der Waals surface area contributed by atoms with Crippen molar-refractivity contribution in [3.63, 3.8) is 0 Å². The summed E-state index contributed by atoms with van der Waals surface area (Å²) in [4.78, 5) is 1.76. The van der Waals surface area contributed by atoms with Gasteiger partial charge in [-0.25, -0.2) is 8.42 Å². The summed E-state index contributed by atoms with van der Waals surface area (Å²) in [5, 5.41) is 11.2. The molecule has 184 valence electrons. The van der Waals surface area contributed by atoms with Crippen molar-refractivity contribution in [2.45, 2.75) is 42.1 Å². The van der Waals surface area contributed by atoms with Gasteiger partial charge in [0, 0.05) is 36.9 Å². The van der Waals surface area contributed by atoms with Gasteiger partial charge >= 0.3 is 12.4 Å². The molecule has 0 aliphatic carbocycles. The van der Waals surface area contributed by atoms with Crippen molar-refractivity contribution in [1.29, 1.82) is 0 Å². The molecule has 0 bridgehead atoms. The molecule has 1 aromatic carbocycles. The van der Waals surface area contributed by atoms with Crippen LogP contribution in [0.5, 0.6) is 0 Å². The second kappa shape index (κ2) is 8.75. The molecule has 1 saturated heterocycles. The van der Waals surface area contributed by atoms with Gasteiger partial charge in [-0.15, -0.1) is 11.3 Å². The van der Waals surface area contributed by atoms with Crippen molar-refractivity contribution in [3.05, 3.63) is 47.3 Å². The van der Waals surface area contributed by atoms with Crippen LogP contribution in [0.15, 0.2) is 46.0 Å². The van der Waals surface area contributed by atoms with E-state index in [0.717, 1.165) is 23.5 Å². The summed E-state index contributed by atoms with van der Waals surface area (Å²) >= 11 is 1.09. The van der Waals surface area contributed by atoms with Gasteiger partial charge in [0.1, 0.15) is 4.21 Å². The molecular formula is C20H22F6N2O3S2. The molecular weight excluding hydrogens is 494 g/mol. The molecule has 1 atom stereocenters. The fourth-order valence-corrected chi connectivity index (χ4v) is 6.41. The number of hydrogen-bond acceptors (Lipinski definition) is 5. The Bertz CT molecular complexity index is 1040. The third kappa shape index (κ3) is 4.60. The Balaban J connectivity index is 1.89. The summed E-state index contributed by atoms with van der Waals surface area (Å²) in [5.41, 5.74) is -6.01. The van der Waals surface area contributed by atoms with Gasteiger partial charge in [0.25, 0.3) is 15.6 Å². The molecule has 5 nitrogen and oxygen atoms in total. The molecule has 1 aliphatic heterocycles. The van der Waals surface area contributed by atoms with Crippen LogP contribution >= 0.6 is 11.3 Å². The molecule has 2 heterocycles. The smallest absolute Gasteiger partial charge is 0.369 e. The lowest BCUT2D eigenvalue weighted by atomic mass is 9.91. The predicted molar refractivity (Wildman–Crippen MR) is 111 cm³/mol. The fraction of sp³-hybridized carbons (Fsp3) is 0.500. The number of anilines is 1. The van der Waals surface area contributed by atoms with Crippen LogP contribution in [0.3, 0.4) is 0 Å². The first-order valence-corrected chi connectivity index (χ1v) is 12.2. The van der Waals surface area contributed by atoms with Crippen LogP contribution in [0.4, 0.5) is 32.0 Å². The molecule has 1 fully saturated rings. The van der Waals surface area contributed by atoms with Gasteiger partial charge in [-0.3, -0.25) is 0 Å². The predicted octanol–water partition coefficient (Wildman–Crippen LogP) is 4.60. The molecule has 0 amide bonds. The Morgan fingerprint density at radius 3 is 2.03 bits per heavy atom. The van der Waals surface area contributed by atoms with E-state index in [4.69, 9.17) is 0 Å². The minimum absolute atomic E-state index is 0.0757. The maximum atomic E-state index is 13.1. The summed E-state index contributed by atoms with van der Waals surface area (Å²) in [6.45, 7) is 4.09. The van der Waals surface area contributed by atoms with Crippen LogP contribution in [-0.2, 0) is 15.6 Å². The Morgan fingerprint density at radius 2 is 1.58 bits per heavy atom. The molecule has 1 aliphatic rings. The Hall–Kier alpha value is -1.83. The standard InChI is InChI=1S/C20H22F6N2O3S2/c1-13(2)16-12-27(33(30,31)17-4-3-11-32-17)9-10-28(16)15-7-5-14(6-8-15)18(29,19(21,22)23)20(24,25)26/h3-8,11,13,16,29H,9-10,12H2,1-2H3/t16-/m0/s1. The highest BCUT2D eigenvalue weighted by molar-refractivity contribution is 7.91. The number of thiophene rings is 1. The molecule has 13 heteroatoms. The van der Waals surface area contributed by atoms with Gasteiger partial charge < -0.3 is 10.0 Å². The van der Waals surface area contributed by atoms with Gasteiger partial charge in [0.05, 0.1) is 0 Å². The minimum atomic E-state index is -5.96. The van der Waals surface area contributed by atoms with Crippen LogP contribution < -0.4 is 4.90 Å². The number of alkyl halides is 6. The third-order valence-corrected chi connectivity index (χ3v) is 8.92. The van der Waals surface area contributed by atoms with Crippen molar-refractivity contribution in [2.75, 3.05) is 24.5 Å². The molecule has 0 radical (unpaired) electrons. The minimum Gasteiger partial charge on any atom is -0.369 e. The van der Waals surface area contributed by atoms with Crippen LogP contribution in [0.25, 0.3) is 0 Å². The number of benzene rings is 1. The van der Waals surface area contributed by atoms with E-state index >= 15 is 0 Å². The molecule has 0 unspecified atom stereocenters. The maximum absolute atomic E-state index is 13.1. The van der Waals surface area contributed by atoms with Gasteiger partial charge in [0.15, 0.2) is 0 Å². The number of rotatable bonds is 5. The third-order valence-electron chi connectivity index (χ3n) is 5.68. The Labute approximate surface area is 191 Å². The number of halogens is 6. The van der Waals surface area contributed by atoms with Crippen molar-refractivity contribution in [2.24, 2.45) is 5.92 Å². The van der Waals surface area contributed by atoms with E-state index in [1.165, 1.54) is 10.4 Å². The van der Waals surface area contributed by atoms with Gasteiger partial charge in [-0.2, -0.15) is 30.6 Å². The number of nitrogens with zero attached hydrogens (tertiary/aromatic N) is 2. The first-order chi connectivity index (χ1) is 15.1. The summed E-state index contributed by atoms with van der Waals surface area (Å²) < 4.78 is 106. The summed E-state index contributed by atoms with van der Waals surface area (Å²) in [6.07, 6.45) is -11.9. The summed E-state index contributed by atoms with van der Waals surface area (Å²) in [7, 11) is -3.71.